The highest BCUT2D eigenvalue weighted by atomic mass is 16.5. The van der Waals surface area contributed by atoms with Gasteiger partial charge in [-0.15, -0.1) is 0 Å². The molecule has 1 heterocycles. The Kier molecular flexibility index (Phi) is 6.39. The Hall–Kier alpha value is -3.09. The van der Waals surface area contributed by atoms with Gasteiger partial charge in [-0.05, 0) is 44.0 Å². The number of ketones is 2. The van der Waals surface area contributed by atoms with Crippen LogP contribution in [0, 0.1) is 13.8 Å². The standard InChI is InChI=1S/C20H23NO6/c1-11-19(13(3)22)12(2)21-20(11)15(23)10-27-18(24)9-14-6-7-16(25-4)17(8-14)26-5/h6-8,21H,9-10H2,1-5H3. The molecule has 0 atom stereocenters. The summed E-state index contributed by atoms with van der Waals surface area (Å²) >= 11 is 0. The molecule has 0 bridgehead atoms. The van der Waals surface area contributed by atoms with E-state index in [4.69, 9.17) is 14.2 Å². The normalized spacial score (nSPS) is 10.4. The summed E-state index contributed by atoms with van der Waals surface area (Å²) in [6.07, 6.45) is -0.00489. The Bertz CT molecular complexity index is 881. The minimum Gasteiger partial charge on any atom is -0.493 e. The molecule has 27 heavy (non-hydrogen) atoms. The number of aromatic amines is 1. The summed E-state index contributed by atoms with van der Waals surface area (Å²) in [6.45, 7) is 4.47. The van der Waals surface area contributed by atoms with E-state index in [0.717, 1.165) is 0 Å². The lowest BCUT2D eigenvalue weighted by Crippen LogP contribution is -2.16. The lowest BCUT2D eigenvalue weighted by atomic mass is 10.1. The van der Waals surface area contributed by atoms with Crippen molar-refractivity contribution >= 4 is 17.5 Å². The Morgan fingerprint density at radius 3 is 2.26 bits per heavy atom. The first kappa shape index (κ1) is 20.2. The van der Waals surface area contributed by atoms with Gasteiger partial charge in [0.15, 0.2) is 23.9 Å². The number of aromatic nitrogens is 1. The number of hydrogen-bond acceptors (Lipinski definition) is 6. The fraction of sp³-hybridized carbons (Fsp3) is 0.350. The van der Waals surface area contributed by atoms with Crippen LogP contribution in [0.2, 0.25) is 0 Å². The van der Waals surface area contributed by atoms with Gasteiger partial charge < -0.3 is 19.2 Å². The van der Waals surface area contributed by atoms with Crippen molar-refractivity contribution in [1.29, 1.82) is 0 Å². The minimum absolute atomic E-state index is 0.00489. The Labute approximate surface area is 157 Å². The van der Waals surface area contributed by atoms with Crippen LogP contribution >= 0.6 is 0 Å². The van der Waals surface area contributed by atoms with Crippen LogP contribution in [0.3, 0.4) is 0 Å². The van der Waals surface area contributed by atoms with Crippen molar-refractivity contribution in [2.24, 2.45) is 0 Å². The first-order valence-corrected chi connectivity index (χ1v) is 8.38. The maximum atomic E-state index is 12.3. The molecule has 0 radical (unpaired) electrons. The highest BCUT2D eigenvalue weighted by Gasteiger charge is 2.21. The number of aryl methyl sites for hydroxylation is 1. The molecular formula is C20H23NO6. The predicted molar refractivity (Wildman–Crippen MR) is 98.8 cm³/mol. The molecule has 7 nitrogen and oxygen atoms in total. The molecule has 0 unspecified atom stereocenters. The Morgan fingerprint density at radius 1 is 1.04 bits per heavy atom. The Balaban J connectivity index is 2.01. The number of methoxy groups -OCH3 is 2. The average Bonchev–Trinajstić information content (AvgIpc) is 2.94. The van der Waals surface area contributed by atoms with Gasteiger partial charge in [0.25, 0.3) is 0 Å². The third kappa shape index (κ3) is 4.55. The summed E-state index contributed by atoms with van der Waals surface area (Å²) in [5, 5.41) is 0. The number of rotatable bonds is 8. The maximum absolute atomic E-state index is 12.3. The molecule has 144 valence electrons. The molecule has 0 amide bonds. The first-order valence-electron chi connectivity index (χ1n) is 8.38. The lowest BCUT2D eigenvalue weighted by Gasteiger charge is -2.09. The number of benzene rings is 1. The van der Waals surface area contributed by atoms with E-state index < -0.39 is 12.6 Å². The van der Waals surface area contributed by atoms with Crippen LogP contribution < -0.4 is 9.47 Å². The molecule has 0 aliphatic rings. The predicted octanol–water partition coefficient (Wildman–Crippen LogP) is 2.82. The number of nitrogens with one attached hydrogen (secondary N) is 1. The zero-order chi connectivity index (χ0) is 20.1. The summed E-state index contributed by atoms with van der Waals surface area (Å²) in [6, 6.07) is 5.10. The number of carbonyl (C=O) groups is 3. The fourth-order valence-electron chi connectivity index (χ4n) is 2.98. The lowest BCUT2D eigenvalue weighted by molar-refractivity contribution is -0.141. The third-order valence-electron chi connectivity index (χ3n) is 4.23. The number of hydrogen-bond donors (Lipinski definition) is 1. The molecule has 0 fully saturated rings. The van der Waals surface area contributed by atoms with E-state index in [1.165, 1.54) is 21.1 Å². The van der Waals surface area contributed by atoms with Gasteiger partial charge >= 0.3 is 5.97 Å². The second kappa shape index (κ2) is 8.53. The molecule has 1 N–H and O–H groups in total. The number of carbonyl (C=O) groups excluding carboxylic acids is 3. The summed E-state index contributed by atoms with van der Waals surface area (Å²) in [7, 11) is 3.04. The van der Waals surface area contributed by atoms with E-state index in [9.17, 15) is 14.4 Å². The van der Waals surface area contributed by atoms with Crippen LogP contribution in [0.5, 0.6) is 11.5 Å². The van der Waals surface area contributed by atoms with Crippen LogP contribution in [0.15, 0.2) is 18.2 Å². The topological polar surface area (TPSA) is 94.7 Å². The van der Waals surface area contributed by atoms with Crippen LogP contribution in [-0.4, -0.2) is 43.3 Å². The zero-order valence-corrected chi connectivity index (χ0v) is 16.1. The van der Waals surface area contributed by atoms with E-state index in [1.807, 2.05) is 0 Å². The molecule has 0 aliphatic carbocycles. The number of H-pyrrole nitrogens is 1. The third-order valence-corrected chi connectivity index (χ3v) is 4.23. The van der Waals surface area contributed by atoms with Gasteiger partial charge in [-0.25, -0.2) is 0 Å². The van der Waals surface area contributed by atoms with E-state index >= 15 is 0 Å². The van der Waals surface area contributed by atoms with Crippen molar-refractivity contribution in [2.75, 3.05) is 20.8 Å². The van der Waals surface area contributed by atoms with Gasteiger partial charge in [-0.3, -0.25) is 14.4 Å². The van der Waals surface area contributed by atoms with Crippen LogP contribution in [0.4, 0.5) is 0 Å². The van der Waals surface area contributed by atoms with Crippen LogP contribution in [0.1, 0.15) is 44.6 Å². The smallest absolute Gasteiger partial charge is 0.310 e. The number of Topliss-reactive ketones (excluding diaryl/α,β-unsaturated/α-hetero) is 2. The van der Waals surface area contributed by atoms with E-state index in [1.54, 1.807) is 32.0 Å². The van der Waals surface area contributed by atoms with E-state index in [2.05, 4.69) is 4.98 Å². The van der Waals surface area contributed by atoms with Crippen molar-refractivity contribution in [1.82, 2.24) is 4.98 Å². The van der Waals surface area contributed by atoms with Gasteiger partial charge in [-0.2, -0.15) is 0 Å². The molecule has 1 aromatic heterocycles. The molecule has 7 heteroatoms. The van der Waals surface area contributed by atoms with Gasteiger partial charge in [0.05, 0.1) is 26.3 Å². The molecule has 1 aromatic carbocycles. The van der Waals surface area contributed by atoms with E-state index in [0.29, 0.717) is 33.9 Å². The van der Waals surface area contributed by atoms with Gasteiger partial charge in [0.1, 0.15) is 0 Å². The molecule has 0 saturated carbocycles. The summed E-state index contributed by atoms with van der Waals surface area (Å²) in [5.74, 6) is 0.0228. The minimum atomic E-state index is -0.539. The molecule has 0 aliphatic heterocycles. The largest absolute Gasteiger partial charge is 0.493 e. The SMILES string of the molecule is COc1ccc(CC(=O)OCC(=O)c2[nH]c(C)c(C(C)=O)c2C)cc1OC. The van der Waals surface area contributed by atoms with Crippen molar-refractivity contribution in [3.8, 4) is 11.5 Å². The van der Waals surface area contributed by atoms with Gasteiger partial charge in [0.2, 0.25) is 5.78 Å². The van der Waals surface area contributed by atoms with Gasteiger partial charge in [0, 0.05) is 11.3 Å². The Morgan fingerprint density at radius 2 is 1.70 bits per heavy atom. The van der Waals surface area contributed by atoms with Crippen LogP contribution in [-0.2, 0) is 16.0 Å². The van der Waals surface area contributed by atoms with Crippen molar-refractivity contribution in [3.05, 3.63) is 46.3 Å². The van der Waals surface area contributed by atoms with Gasteiger partial charge in [-0.1, -0.05) is 6.07 Å². The zero-order valence-electron chi connectivity index (χ0n) is 16.1. The monoisotopic (exact) mass is 373 g/mol. The highest BCUT2D eigenvalue weighted by molar-refractivity contribution is 6.04. The fourth-order valence-corrected chi connectivity index (χ4v) is 2.98. The summed E-state index contributed by atoms with van der Waals surface area (Å²) < 4.78 is 15.4. The maximum Gasteiger partial charge on any atom is 0.310 e. The molecule has 2 aromatic rings. The van der Waals surface area contributed by atoms with Crippen molar-refractivity contribution < 1.29 is 28.6 Å². The number of esters is 1. The highest BCUT2D eigenvalue weighted by Crippen LogP contribution is 2.27. The second-order valence-corrected chi connectivity index (χ2v) is 6.13. The molecule has 0 saturated heterocycles. The van der Waals surface area contributed by atoms with Crippen molar-refractivity contribution in [3.63, 3.8) is 0 Å². The van der Waals surface area contributed by atoms with Crippen molar-refractivity contribution in [2.45, 2.75) is 27.2 Å². The molecule has 2 rings (SSSR count). The summed E-state index contributed by atoms with van der Waals surface area (Å²) in [4.78, 5) is 39.0. The first-order chi connectivity index (χ1) is 12.8. The molecule has 0 spiro atoms. The quantitative estimate of drug-likeness (QED) is 0.565. The summed E-state index contributed by atoms with van der Waals surface area (Å²) in [5.41, 5.74) is 2.66. The molecular weight excluding hydrogens is 350 g/mol. The van der Waals surface area contributed by atoms with E-state index in [-0.39, 0.29) is 23.7 Å². The number of ether oxygens (including phenoxy) is 3. The second-order valence-electron chi connectivity index (χ2n) is 6.13. The van der Waals surface area contributed by atoms with Crippen LogP contribution in [0.25, 0.3) is 0 Å². The average molecular weight is 373 g/mol.